The maximum atomic E-state index is 12.9. The van der Waals surface area contributed by atoms with Gasteiger partial charge in [0.2, 0.25) is 11.7 Å². The first-order valence-electron chi connectivity index (χ1n) is 11.8. The fourth-order valence-corrected chi connectivity index (χ4v) is 3.88. The number of amides is 1. The molecule has 0 aromatic heterocycles. The van der Waals surface area contributed by atoms with Crippen LogP contribution in [0.15, 0.2) is 48.5 Å². The summed E-state index contributed by atoms with van der Waals surface area (Å²) in [4.78, 5) is 23.7. The van der Waals surface area contributed by atoms with Crippen LogP contribution in [0.2, 0.25) is 0 Å². The van der Waals surface area contributed by atoms with Crippen molar-refractivity contribution in [2.24, 2.45) is 0 Å². The number of nitrogens with zero attached hydrogens (tertiary/aromatic N) is 1. The summed E-state index contributed by atoms with van der Waals surface area (Å²) in [5, 5.41) is 14.1. The molecule has 3 aromatic rings. The SMILES string of the molecule is COc1ccc(/C=C/C(=O)Nc2c(/C=C/c3cc(OC)c(OC)c(OC)c3)ccc(OC)c2OC)cc1[N+](=O)[O-]. The summed E-state index contributed by atoms with van der Waals surface area (Å²) in [5.74, 6) is 1.81. The molecule has 0 radical (unpaired) electrons. The predicted octanol–water partition coefficient (Wildman–Crippen LogP) is 5.47. The topological polar surface area (TPSA) is 128 Å². The van der Waals surface area contributed by atoms with Crippen molar-refractivity contribution < 1.29 is 38.1 Å². The maximum absolute atomic E-state index is 12.9. The van der Waals surface area contributed by atoms with Gasteiger partial charge in [-0.3, -0.25) is 14.9 Å². The van der Waals surface area contributed by atoms with E-state index in [2.05, 4.69) is 5.32 Å². The number of benzene rings is 3. The van der Waals surface area contributed by atoms with Crippen molar-refractivity contribution in [1.82, 2.24) is 0 Å². The summed E-state index contributed by atoms with van der Waals surface area (Å²) in [5.41, 5.74) is 1.97. The Kier molecular flexibility index (Phi) is 9.95. The molecule has 1 amide bonds. The lowest BCUT2D eigenvalue weighted by Gasteiger charge is -2.16. The van der Waals surface area contributed by atoms with Crippen LogP contribution < -0.4 is 33.7 Å². The number of nitro benzene ring substituents is 1. The smallest absolute Gasteiger partial charge is 0.311 e. The molecule has 3 aromatic carbocycles. The van der Waals surface area contributed by atoms with Crippen molar-refractivity contribution in [1.29, 1.82) is 0 Å². The van der Waals surface area contributed by atoms with Gasteiger partial charge in [0, 0.05) is 17.7 Å². The average Bonchev–Trinajstić information content (AvgIpc) is 2.98. The van der Waals surface area contributed by atoms with Crippen LogP contribution >= 0.6 is 0 Å². The van der Waals surface area contributed by atoms with E-state index in [0.717, 1.165) is 5.56 Å². The Hall–Kier alpha value is -5.19. The van der Waals surface area contributed by atoms with E-state index in [-0.39, 0.29) is 11.4 Å². The van der Waals surface area contributed by atoms with Crippen LogP contribution in [0.25, 0.3) is 18.2 Å². The summed E-state index contributed by atoms with van der Waals surface area (Å²) in [7, 11) is 8.89. The molecular formula is C29H30N2O9. The van der Waals surface area contributed by atoms with Crippen LogP contribution in [0.4, 0.5) is 11.4 Å². The zero-order chi connectivity index (χ0) is 29.2. The van der Waals surface area contributed by atoms with Crippen molar-refractivity contribution in [3.63, 3.8) is 0 Å². The first-order valence-corrected chi connectivity index (χ1v) is 11.8. The van der Waals surface area contributed by atoms with E-state index in [0.29, 0.717) is 45.6 Å². The lowest BCUT2D eigenvalue weighted by molar-refractivity contribution is -0.385. The molecule has 11 nitrogen and oxygen atoms in total. The Morgan fingerprint density at radius 3 is 1.85 bits per heavy atom. The molecule has 1 N–H and O–H groups in total. The first-order chi connectivity index (χ1) is 19.3. The van der Waals surface area contributed by atoms with Crippen molar-refractivity contribution in [3.8, 4) is 34.5 Å². The number of anilines is 1. The highest BCUT2D eigenvalue weighted by Gasteiger charge is 2.17. The summed E-state index contributed by atoms with van der Waals surface area (Å²) in [6, 6.07) is 11.4. The number of carbonyl (C=O) groups excluding carboxylic acids is 1. The molecule has 11 heteroatoms. The number of methoxy groups -OCH3 is 6. The van der Waals surface area contributed by atoms with Crippen LogP contribution in [0.3, 0.4) is 0 Å². The molecule has 3 rings (SSSR count). The van der Waals surface area contributed by atoms with E-state index in [9.17, 15) is 14.9 Å². The molecular weight excluding hydrogens is 520 g/mol. The minimum absolute atomic E-state index is 0.122. The van der Waals surface area contributed by atoms with Gasteiger partial charge in [0.15, 0.2) is 28.7 Å². The van der Waals surface area contributed by atoms with Gasteiger partial charge < -0.3 is 33.7 Å². The zero-order valence-corrected chi connectivity index (χ0v) is 23.0. The van der Waals surface area contributed by atoms with E-state index in [1.165, 1.54) is 66.9 Å². The molecule has 0 heterocycles. The van der Waals surface area contributed by atoms with Gasteiger partial charge in [-0.2, -0.15) is 0 Å². The normalized spacial score (nSPS) is 10.8. The Morgan fingerprint density at radius 2 is 1.30 bits per heavy atom. The van der Waals surface area contributed by atoms with E-state index in [1.54, 1.807) is 36.4 Å². The average molecular weight is 551 g/mol. The van der Waals surface area contributed by atoms with Crippen molar-refractivity contribution in [3.05, 3.63) is 75.3 Å². The molecule has 0 aliphatic carbocycles. The Balaban J connectivity index is 1.96. The molecule has 0 aliphatic rings. The molecule has 0 fully saturated rings. The maximum Gasteiger partial charge on any atom is 0.311 e. The third-order valence-corrected chi connectivity index (χ3v) is 5.80. The lowest BCUT2D eigenvalue weighted by atomic mass is 10.1. The van der Waals surface area contributed by atoms with Crippen LogP contribution in [0, 0.1) is 10.1 Å². The van der Waals surface area contributed by atoms with E-state index in [4.69, 9.17) is 28.4 Å². The van der Waals surface area contributed by atoms with Crippen molar-refractivity contribution in [2.75, 3.05) is 48.0 Å². The van der Waals surface area contributed by atoms with Crippen molar-refractivity contribution >= 4 is 35.5 Å². The summed E-state index contributed by atoms with van der Waals surface area (Å²) in [6.45, 7) is 0. The standard InChI is InChI=1S/C29H30N2O9/c1-35-22-12-8-18(15-21(22)31(33)34)9-14-26(32)30-27-20(11-13-23(36-2)29(27)40-6)10-7-19-16-24(37-3)28(39-5)25(17-19)38-4/h7-17H,1-6H3,(H,30,32)/b10-7+,14-9+. The Morgan fingerprint density at radius 1 is 0.700 bits per heavy atom. The second kappa shape index (κ2) is 13.6. The minimum Gasteiger partial charge on any atom is -0.493 e. The highest BCUT2D eigenvalue weighted by atomic mass is 16.6. The zero-order valence-electron chi connectivity index (χ0n) is 23.0. The monoisotopic (exact) mass is 550 g/mol. The second-order valence-corrected chi connectivity index (χ2v) is 8.07. The first kappa shape index (κ1) is 29.4. The fraction of sp³-hybridized carbons (Fsp3) is 0.207. The number of hydrogen-bond donors (Lipinski definition) is 1. The molecule has 0 unspecified atom stereocenters. The number of nitro groups is 1. The molecule has 0 aliphatic heterocycles. The molecule has 40 heavy (non-hydrogen) atoms. The summed E-state index contributed by atoms with van der Waals surface area (Å²) >= 11 is 0. The molecule has 0 bridgehead atoms. The number of hydrogen-bond acceptors (Lipinski definition) is 9. The minimum atomic E-state index is -0.552. The van der Waals surface area contributed by atoms with Gasteiger partial charge in [-0.15, -0.1) is 0 Å². The van der Waals surface area contributed by atoms with E-state index >= 15 is 0 Å². The molecule has 0 saturated carbocycles. The Labute approximate surface area is 231 Å². The molecule has 0 saturated heterocycles. The molecule has 0 atom stereocenters. The largest absolute Gasteiger partial charge is 0.493 e. The van der Waals surface area contributed by atoms with Crippen LogP contribution in [0.5, 0.6) is 34.5 Å². The summed E-state index contributed by atoms with van der Waals surface area (Å²) in [6.07, 6.45) is 6.32. The number of rotatable bonds is 12. The number of carbonyl (C=O) groups is 1. The van der Waals surface area contributed by atoms with Crippen molar-refractivity contribution in [2.45, 2.75) is 0 Å². The predicted molar refractivity (Wildman–Crippen MR) is 152 cm³/mol. The third-order valence-electron chi connectivity index (χ3n) is 5.80. The highest BCUT2D eigenvalue weighted by Crippen LogP contribution is 2.41. The van der Waals surface area contributed by atoms with Crippen LogP contribution in [0.1, 0.15) is 16.7 Å². The van der Waals surface area contributed by atoms with E-state index < -0.39 is 10.8 Å². The van der Waals surface area contributed by atoms with Gasteiger partial charge in [0.05, 0.1) is 53.3 Å². The number of ether oxygens (including phenoxy) is 6. The molecule has 0 spiro atoms. The number of nitrogens with one attached hydrogen (secondary N) is 1. The summed E-state index contributed by atoms with van der Waals surface area (Å²) < 4.78 is 32.2. The van der Waals surface area contributed by atoms with Gasteiger partial charge in [-0.1, -0.05) is 18.2 Å². The van der Waals surface area contributed by atoms with Crippen LogP contribution in [-0.4, -0.2) is 53.5 Å². The fourth-order valence-electron chi connectivity index (χ4n) is 3.88. The van der Waals surface area contributed by atoms with E-state index in [1.807, 2.05) is 6.08 Å². The van der Waals surface area contributed by atoms with Crippen LogP contribution in [-0.2, 0) is 4.79 Å². The van der Waals surface area contributed by atoms with Gasteiger partial charge in [0.1, 0.15) is 0 Å². The highest BCUT2D eigenvalue weighted by molar-refractivity contribution is 6.05. The Bertz CT molecular complexity index is 1420. The quantitative estimate of drug-likeness (QED) is 0.135. The van der Waals surface area contributed by atoms with Gasteiger partial charge in [-0.05, 0) is 47.5 Å². The third kappa shape index (κ3) is 6.62. The lowest BCUT2D eigenvalue weighted by Crippen LogP contribution is -2.11. The molecule has 210 valence electrons. The van der Waals surface area contributed by atoms with Gasteiger partial charge in [-0.25, -0.2) is 0 Å². The van der Waals surface area contributed by atoms with Gasteiger partial charge >= 0.3 is 5.69 Å². The second-order valence-electron chi connectivity index (χ2n) is 8.07. The van der Waals surface area contributed by atoms with Gasteiger partial charge in [0.25, 0.3) is 0 Å².